The first kappa shape index (κ1) is 17.9. The van der Waals surface area contributed by atoms with Gasteiger partial charge in [0, 0.05) is 11.1 Å². The van der Waals surface area contributed by atoms with Gasteiger partial charge in [-0.3, -0.25) is 0 Å². The standard InChI is InChI=1S/C19H18O6/c1-5-13-14(17(24-3)18(25-4)16(21)15(13)20)12-8-6-7-11(9-12)10(2)19(22)23/h5-9,20-21H,1-2H2,3-4H3,(H,22,23). The fraction of sp³-hybridized carbons (Fsp3) is 0.105. The Balaban J connectivity index is 2.85. The Morgan fingerprint density at radius 2 is 1.76 bits per heavy atom. The number of phenols is 2. The van der Waals surface area contributed by atoms with Crippen molar-refractivity contribution >= 4 is 17.6 Å². The average Bonchev–Trinajstić information content (AvgIpc) is 2.62. The highest BCUT2D eigenvalue weighted by molar-refractivity contribution is 6.14. The van der Waals surface area contributed by atoms with E-state index in [0.717, 1.165) is 0 Å². The third kappa shape index (κ3) is 3.01. The summed E-state index contributed by atoms with van der Waals surface area (Å²) < 4.78 is 10.5. The predicted octanol–water partition coefficient (Wildman–Crippen LogP) is 3.52. The second-order valence-electron chi connectivity index (χ2n) is 5.12. The summed E-state index contributed by atoms with van der Waals surface area (Å²) in [5.74, 6) is -1.87. The zero-order valence-electron chi connectivity index (χ0n) is 13.9. The number of methoxy groups -OCH3 is 2. The van der Waals surface area contributed by atoms with Gasteiger partial charge in [0.25, 0.3) is 0 Å². The molecule has 0 unspecified atom stereocenters. The zero-order valence-corrected chi connectivity index (χ0v) is 13.9. The molecule has 2 aromatic carbocycles. The highest BCUT2D eigenvalue weighted by Gasteiger charge is 2.25. The normalized spacial score (nSPS) is 10.2. The van der Waals surface area contributed by atoms with Crippen molar-refractivity contribution in [3.63, 3.8) is 0 Å². The second-order valence-corrected chi connectivity index (χ2v) is 5.12. The van der Waals surface area contributed by atoms with E-state index in [9.17, 15) is 15.0 Å². The lowest BCUT2D eigenvalue weighted by Crippen LogP contribution is -2.00. The smallest absolute Gasteiger partial charge is 0.335 e. The van der Waals surface area contributed by atoms with Crippen LogP contribution in [-0.4, -0.2) is 35.5 Å². The molecule has 0 aliphatic carbocycles. The topological polar surface area (TPSA) is 96.2 Å². The largest absolute Gasteiger partial charge is 0.504 e. The molecule has 0 fully saturated rings. The van der Waals surface area contributed by atoms with Crippen molar-refractivity contribution < 1.29 is 29.6 Å². The van der Waals surface area contributed by atoms with Gasteiger partial charge in [0.1, 0.15) is 0 Å². The molecule has 2 aromatic rings. The van der Waals surface area contributed by atoms with Crippen molar-refractivity contribution in [2.45, 2.75) is 0 Å². The van der Waals surface area contributed by atoms with Gasteiger partial charge in [-0.25, -0.2) is 4.79 Å². The quantitative estimate of drug-likeness (QED) is 0.549. The first-order valence-corrected chi connectivity index (χ1v) is 7.22. The minimum Gasteiger partial charge on any atom is -0.504 e. The molecule has 6 nitrogen and oxygen atoms in total. The summed E-state index contributed by atoms with van der Waals surface area (Å²) in [5.41, 5.74) is 1.50. The number of carboxylic acids is 1. The van der Waals surface area contributed by atoms with Crippen LogP contribution in [0.15, 0.2) is 37.4 Å². The van der Waals surface area contributed by atoms with Crippen LogP contribution in [0.25, 0.3) is 22.8 Å². The zero-order chi connectivity index (χ0) is 18.7. The summed E-state index contributed by atoms with van der Waals surface area (Å²) in [6, 6.07) is 6.57. The Morgan fingerprint density at radius 1 is 1.12 bits per heavy atom. The summed E-state index contributed by atoms with van der Waals surface area (Å²) in [5, 5.41) is 29.5. The van der Waals surface area contributed by atoms with Crippen molar-refractivity contribution in [3.8, 4) is 34.1 Å². The molecule has 3 N–H and O–H groups in total. The Morgan fingerprint density at radius 3 is 2.28 bits per heavy atom. The van der Waals surface area contributed by atoms with Crippen LogP contribution in [0.3, 0.4) is 0 Å². The Hall–Kier alpha value is -3.41. The predicted molar refractivity (Wildman–Crippen MR) is 95.1 cm³/mol. The molecule has 0 aromatic heterocycles. The first-order chi connectivity index (χ1) is 11.9. The van der Waals surface area contributed by atoms with Crippen LogP contribution < -0.4 is 9.47 Å². The maximum Gasteiger partial charge on any atom is 0.335 e. The number of hydrogen-bond acceptors (Lipinski definition) is 5. The van der Waals surface area contributed by atoms with Crippen LogP contribution in [0.1, 0.15) is 11.1 Å². The molecule has 0 aliphatic heterocycles. The van der Waals surface area contributed by atoms with Crippen LogP contribution in [0.2, 0.25) is 0 Å². The number of ether oxygens (including phenoxy) is 2. The van der Waals surface area contributed by atoms with Crippen LogP contribution >= 0.6 is 0 Å². The van der Waals surface area contributed by atoms with Gasteiger partial charge in [0.05, 0.1) is 19.8 Å². The van der Waals surface area contributed by atoms with Gasteiger partial charge >= 0.3 is 5.97 Å². The van der Waals surface area contributed by atoms with Gasteiger partial charge in [0.15, 0.2) is 11.5 Å². The lowest BCUT2D eigenvalue weighted by molar-refractivity contribution is -0.130. The van der Waals surface area contributed by atoms with Crippen LogP contribution in [0, 0.1) is 0 Å². The number of carboxylic acid groups (broad SMARTS) is 1. The van der Waals surface area contributed by atoms with Crippen LogP contribution in [-0.2, 0) is 4.79 Å². The van der Waals surface area contributed by atoms with Gasteiger partial charge in [-0.2, -0.15) is 0 Å². The molecule has 0 saturated heterocycles. The summed E-state index contributed by atoms with van der Waals surface area (Å²) in [7, 11) is 2.72. The maximum absolute atomic E-state index is 11.2. The van der Waals surface area contributed by atoms with Crippen molar-refractivity contribution in [2.75, 3.05) is 14.2 Å². The Labute approximate surface area is 144 Å². The van der Waals surface area contributed by atoms with E-state index < -0.39 is 17.5 Å². The molecule has 0 saturated carbocycles. The number of hydrogen-bond donors (Lipinski definition) is 3. The van der Waals surface area contributed by atoms with Gasteiger partial charge in [0.2, 0.25) is 11.5 Å². The molecule has 0 aliphatic rings. The average molecular weight is 342 g/mol. The SMILES string of the molecule is C=Cc1c(O)c(O)c(OC)c(OC)c1-c1cccc(C(=C)C(=O)O)c1. The molecule has 0 heterocycles. The molecule has 0 radical (unpaired) electrons. The third-order valence-corrected chi connectivity index (χ3v) is 3.77. The number of phenolic OH excluding ortho intramolecular Hbond substituents is 2. The molecule has 2 rings (SSSR count). The fourth-order valence-corrected chi connectivity index (χ4v) is 2.55. The lowest BCUT2D eigenvalue weighted by atomic mass is 9.94. The summed E-state index contributed by atoms with van der Waals surface area (Å²) in [4.78, 5) is 11.2. The highest BCUT2D eigenvalue weighted by atomic mass is 16.5. The van der Waals surface area contributed by atoms with E-state index in [1.807, 2.05) is 0 Å². The summed E-state index contributed by atoms with van der Waals surface area (Å²) in [6.45, 7) is 7.20. The minimum atomic E-state index is -1.14. The molecule has 6 heteroatoms. The molecule has 0 bridgehead atoms. The number of aromatic hydroxyl groups is 2. The minimum absolute atomic E-state index is 0.0388. The Kier molecular flexibility index (Phi) is 5.02. The lowest BCUT2D eigenvalue weighted by Gasteiger charge is -2.19. The number of rotatable bonds is 6. The van der Waals surface area contributed by atoms with Gasteiger partial charge in [-0.1, -0.05) is 37.4 Å². The Bertz CT molecular complexity index is 867. The molecule has 0 spiro atoms. The van der Waals surface area contributed by atoms with E-state index in [1.165, 1.54) is 20.3 Å². The fourth-order valence-electron chi connectivity index (χ4n) is 2.55. The van der Waals surface area contributed by atoms with Crippen molar-refractivity contribution in [2.24, 2.45) is 0 Å². The highest BCUT2D eigenvalue weighted by Crippen LogP contribution is 2.52. The van der Waals surface area contributed by atoms with Crippen molar-refractivity contribution in [1.82, 2.24) is 0 Å². The number of carbonyl (C=O) groups is 1. The molecular weight excluding hydrogens is 324 g/mol. The third-order valence-electron chi connectivity index (χ3n) is 3.77. The van der Waals surface area contributed by atoms with Crippen molar-refractivity contribution in [1.29, 1.82) is 0 Å². The molecule has 0 atom stereocenters. The molecular formula is C19H18O6. The van der Waals surface area contributed by atoms with E-state index in [1.54, 1.807) is 24.3 Å². The van der Waals surface area contributed by atoms with Crippen molar-refractivity contribution in [3.05, 3.63) is 48.6 Å². The van der Waals surface area contributed by atoms with Crippen LogP contribution in [0.4, 0.5) is 0 Å². The molecule has 25 heavy (non-hydrogen) atoms. The second kappa shape index (κ2) is 7.00. The first-order valence-electron chi connectivity index (χ1n) is 7.22. The molecule has 0 amide bonds. The van der Waals surface area contributed by atoms with E-state index >= 15 is 0 Å². The maximum atomic E-state index is 11.2. The van der Waals surface area contributed by atoms with Gasteiger partial charge < -0.3 is 24.8 Å². The van der Waals surface area contributed by atoms with E-state index in [4.69, 9.17) is 14.6 Å². The summed E-state index contributed by atoms with van der Waals surface area (Å²) >= 11 is 0. The monoisotopic (exact) mass is 342 g/mol. The van der Waals surface area contributed by atoms with Crippen LogP contribution in [0.5, 0.6) is 23.0 Å². The van der Waals surface area contributed by atoms with E-state index in [0.29, 0.717) is 16.7 Å². The van der Waals surface area contributed by atoms with E-state index in [2.05, 4.69) is 13.2 Å². The van der Waals surface area contributed by atoms with Gasteiger partial charge in [-0.05, 0) is 17.2 Å². The van der Waals surface area contributed by atoms with E-state index in [-0.39, 0.29) is 22.6 Å². The van der Waals surface area contributed by atoms with Gasteiger partial charge in [-0.15, -0.1) is 0 Å². The number of benzene rings is 2. The molecule has 130 valence electrons. The number of aliphatic carboxylic acids is 1. The summed E-state index contributed by atoms with van der Waals surface area (Å²) in [6.07, 6.45) is 1.37.